The van der Waals surface area contributed by atoms with E-state index in [2.05, 4.69) is 10.1 Å². The van der Waals surface area contributed by atoms with E-state index in [-0.39, 0.29) is 31.3 Å². The van der Waals surface area contributed by atoms with Crippen LogP contribution in [0, 0.1) is 0 Å². The number of amides is 1. The number of aryl methyl sites for hydroxylation is 1. The van der Waals surface area contributed by atoms with E-state index in [1.807, 2.05) is 26.0 Å². The lowest BCUT2D eigenvalue weighted by Crippen LogP contribution is -2.35. The largest absolute Gasteiger partial charge is 0.395 e. The summed E-state index contributed by atoms with van der Waals surface area (Å²) < 4.78 is 7.45. The second-order valence-corrected chi connectivity index (χ2v) is 6.44. The van der Waals surface area contributed by atoms with E-state index >= 15 is 0 Å². The molecule has 7 heteroatoms. The van der Waals surface area contributed by atoms with Gasteiger partial charge in [0.2, 0.25) is 0 Å². The number of carbonyl (C=O) groups excluding carboxylic acids is 1. The zero-order valence-electron chi connectivity index (χ0n) is 14.8. The maximum Gasteiger partial charge on any atom is 0.272 e. The number of nitrogens with zero attached hydrogens (tertiary/aromatic N) is 4. The van der Waals surface area contributed by atoms with Crippen molar-refractivity contribution in [2.45, 2.75) is 39.0 Å². The van der Waals surface area contributed by atoms with Gasteiger partial charge in [0.05, 0.1) is 24.5 Å². The molecule has 25 heavy (non-hydrogen) atoms. The van der Waals surface area contributed by atoms with Gasteiger partial charge in [-0.05, 0) is 25.5 Å². The Morgan fingerprint density at radius 1 is 1.48 bits per heavy atom. The number of aromatic nitrogens is 3. The molecule has 0 bridgehead atoms. The van der Waals surface area contributed by atoms with Gasteiger partial charge < -0.3 is 14.7 Å². The highest BCUT2D eigenvalue weighted by Gasteiger charge is 2.32. The van der Waals surface area contributed by atoms with Crippen LogP contribution < -0.4 is 0 Å². The fraction of sp³-hybridized carbons (Fsp3) is 0.500. The Bertz CT molecular complexity index is 744. The predicted octanol–water partition coefficient (Wildman–Crippen LogP) is 1.47. The summed E-state index contributed by atoms with van der Waals surface area (Å²) in [6.45, 7) is 4.52. The fourth-order valence-corrected chi connectivity index (χ4v) is 3.37. The molecule has 1 amide bonds. The van der Waals surface area contributed by atoms with Crippen LogP contribution >= 0.6 is 0 Å². The summed E-state index contributed by atoms with van der Waals surface area (Å²) in [4.78, 5) is 18.9. The Labute approximate surface area is 147 Å². The van der Waals surface area contributed by atoms with E-state index in [4.69, 9.17) is 4.74 Å². The number of aliphatic hydroxyl groups excluding tert-OH is 1. The molecule has 0 saturated heterocycles. The summed E-state index contributed by atoms with van der Waals surface area (Å²) in [6.07, 6.45) is 4.00. The van der Waals surface area contributed by atoms with Crippen molar-refractivity contribution in [2.24, 2.45) is 7.05 Å². The minimum Gasteiger partial charge on any atom is -0.395 e. The number of pyridine rings is 1. The van der Waals surface area contributed by atoms with Crippen molar-refractivity contribution in [1.82, 2.24) is 19.7 Å². The molecule has 3 rings (SSSR count). The normalized spacial score (nSPS) is 19.5. The molecule has 0 unspecified atom stereocenters. The minimum absolute atomic E-state index is 0.0443. The highest BCUT2D eigenvalue weighted by Crippen LogP contribution is 2.31. The average molecular weight is 344 g/mol. The fourth-order valence-electron chi connectivity index (χ4n) is 3.37. The molecule has 3 heterocycles. The van der Waals surface area contributed by atoms with Crippen LogP contribution in [0.4, 0.5) is 0 Å². The van der Waals surface area contributed by atoms with Crippen molar-refractivity contribution in [2.75, 3.05) is 13.2 Å². The van der Waals surface area contributed by atoms with Crippen LogP contribution in [0.15, 0.2) is 24.5 Å². The second-order valence-electron chi connectivity index (χ2n) is 6.44. The highest BCUT2D eigenvalue weighted by molar-refractivity contribution is 5.94. The molecule has 1 N–H and O–H groups in total. The van der Waals surface area contributed by atoms with Crippen LogP contribution in [0.3, 0.4) is 0 Å². The third-order valence-corrected chi connectivity index (χ3v) is 4.45. The van der Waals surface area contributed by atoms with Gasteiger partial charge in [0.15, 0.2) is 0 Å². The van der Waals surface area contributed by atoms with Gasteiger partial charge in [0, 0.05) is 44.5 Å². The van der Waals surface area contributed by atoms with Crippen molar-refractivity contribution in [3.8, 4) is 0 Å². The van der Waals surface area contributed by atoms with Crippen LogP contribution in [0.2, 0.25) is 0 Å². The maximum absolute atomic E-state index is 13.2. The number of fused-ring (bicyclic) bond motifs is 1. The Balaban J connectivity index is 1.92. The van der Waals surface area contributed by atoms with Crippen molar-refractivity contribution in [3.63, 3.8) is 0 Å². The van der Waals surface area contributed by atoms with Gasteiger partial charge in [-0.25, -0.2) is 0 Å². The molecule has 0 radical (unpaired) electrons. The molecule has 1 aliphatic heterocycles. The molecule has 1 aliphatic rings. The zero-order chi connectivity index (χ0) is 18.0. The van der Waals surface area contributed by atoms with E-state index in [0.29, 0.717) is 18.7 Å². The van der Waals surface area contributed by atoms with Crippen molar-refractivity contribution >= 4 is 5.91 Å². The summed E-state index contributed by atoms with van der Waals surface area (Å²) >= 11 is 0. The quantitative estimate of drug-likeness (QED) is 0.888. The molecular formula is C18H24N4O3. The van der Waals surface area contributed by atoms with Crippen molar-refractivity contribution < 1.29 is 14.6 Å². The van der Waals surface area contributed by atoms with Crippen LogP contribution in [-0.4, -0.2) is 49.9 Å². The summed E-state index contributed by atoms with van der Waals surface area (Å²) in [5.74, 6) is -0.129. The Morgan fingerprint density at radius 3 is 2.96 bits per heavy atom. The molecule has 0 aliphatic carbocycles. The Kier molecular flexibility index (Phi) is 5.15. The van der Waals surface area contributed by atoms with E-state index in [0.717, 1.165) is 16.8 Å². The second kappa shape index (κ2) is 7.33. The molecule has 7 nitrogen and oxygen atoms in total. The number of carbonyl (C=O) groups is 1. The lowest BCUT2D eigenvalue weighted by atomic mass is 9.99. The topological polar surface area (TPSA) is 80.5 Å². The zero-order valence-corrected chi connectivity index (χ0v) is 14.8. The first kappa shape index (κ1) is 17.6. The lowest BCUT2D eigenvalue weighted by molar-refractivity contribution is -0.00715. The van der Waals surface area contributed by atoms with E-state index in [9.17, 15) is 9.90 Å². The van der Waals surface area contributed by atoms with Crippen LogP contribution in [0.5, 0.6) is 0 Å². The van der Waals surface area contributed by atoms with Gasteiger partial charge in [-0.2, -0.15) is 5.10 Å². The molecule has 2 aromatic heterocycles. The molecule has 0 aromatic carbocycles. The van der Waals surface area contributed by atoms with Gasteiger partial charge in [-0.1, -0.05) is 6.07 Å². The lowest BCUT2D eigenvalue weighted by Gasteiger charge is -2.26. The van der Waals surface area contributed by atoms with Gasteiger partial charge >= 0.3 is 0 Å². The van der Waals surface area contributed by atoms with Gasteiger partial charge in [-0.3, -0.25) is 14.5 Å². The summed E-state index contributed by atoms with van der Waals surface area (Å²) in [5, 5.41) is 13.9. The third-order valence-electron chi connectivity index (χ3n) is 4.45. The molecular weight excluding hydrogens is 320 g/mol. The van der Waals surface area contributed by atoms with Gasteiger partial charge in [0.25, 0.3) is 5.91 Å². The molecule has 0 fully saturated rings. The average Bonchev–Trinajstić information content (AvgIpc) is 2.91. The number of hydrogen-bond donors (Lipinski definition) is 1. The first-order chi connectivity index (χ1) is 12.0. The summed E-state index contributed by atoms with van der Waals surface area (Å²) in [7, 11) is 1.78. The summed E-state index contributed by atoms with van der Waals surface area (Å²) in [5.41, 5.74) is 3.28. The highest BCUT2D eigenvalue weighted by atomic mass is 16.5. The van der Waals surface area contributed by atoms with Crippen LogP contribution in [0.1, 0.15) is 47.3 Å². The molecule has 2 atom stereocenters. The molecule has 0 saturated carbocycles. The number of rotatable bonds is 5. The SMILES string of the molecule is C[C@@H]1Cc2c(nn(C)c2C(=O)N(CCO)Cc2cccnc2)[C@H](C)O1. The molecule has 134 valence electrons. The number of hydrogen-bond acceptors (Lipinski definition) is 5. The standard InChI is InChI=1S/C18H24N4O3/c1-12-9-15-16(13(2)25-12)20-21(3)17(15)18(24)22(7-8-23)11-14-5-4-6-19-10-14/h4-6,10,12-13,23H,7-9,11H2,1-3H3/t12-,13+/m1/s1. The first-order valence-electron chi connectivity index (χ1n) is 8.51. The first-order valence-corrected chi connectivity index (χ1v) is 8.51. The predicted molar refractivity (Wildman–Crippen MR) is 91.9 cm³/mol. The molecule has 0 spiro atoms. The minimum atomic E-state index is -0.129. The molecule has 2 aromatic rings. The maximum atomic E-state index is 13.2. The van der Waals surface area contributed by atoms with Crippen LogP contribution in [0.25, 0.3) is 0 Å². The van der Waals surface area contributed by atoms with E-state index in [1.165, 1.54) is 0 Å². The summed E-state index contributed by atoms with van der Waals surface area (Å²) in [6, 6.07) is 3.75. The van der Waals surface area contributed by atoms with E-state index in [1.54, 1.807) is 29.0 Å². The smallest absolute Gasteiger partial charge is 0.272 e. The van der Waals surface area contributed by atoms with Crippen molar-refractivity contribution in [1.29, 1.82) is 0 Å². The van der Waals surface area contributed by atoms with Gasteiger partial charge in [0.1, 0.15) is 5.69 Å². The monoisotopic (exact) mass is 344 g/mol. The van der Waals surface area contributed by atoms with Gasteiger partial charge in [-0.15, -0.1) is 0 Å². The Morgan fingerprint density at radius 2 is 2.28 bits per heavy atom. The Hall–Kier alpha value is -2.25. The van der Waals surface area contributed by atoms with E-state index < -0.39 is 0 Å². The number of ether oxygens (including phenoxy) is 1. The third kappa shape index (κ3) is 3.57. The van der Waals surface area contributed by atoms with Crippen LogP contribution in [-0.2, 0) is 24.8 Å². The number of aliphatic hydroxyl groups is 1. The van der Waals surface area contributed by atoms with Crippen molar-refractivity contribution in [3.05, 3.63) is 47.0 Å².